The van der Waals surface area contributed by atoms with Crippen LogP contribution < -0.4 is 4.90 Å². The Morgan fingerprint density at radius 2 is 1.45 bits per heavy atom. The molecule has 2 nitrogen and oxygen atoms in total. The van der Waals surface area contributed by atoms with Crippen LogP contribution in [0.4, 0.5) is 17.2 Å². The van der Waals surface area contributed by atoms with Gasteiger partial charge in [-0.25, -0.2) is 4.98 Å². The van der Waals surface area contributed by atoms with Crippen molar-refractivity contribution in [1.29, 1.82) is 0 Å². The molecule has 29 heavy (non-hydrogen) atoms. The summed E-state index contributed by atoms with van der Waals surface area (Å²) in [7, 11) is 0. The van der Waals surface area contributed by atoms with Crippen molar-refractivity contribution < 1.29 is 0 Å². The summed E-state index contributed by atoms with van der Waals surface area (Å²) in [5.41, 5.74) is 7.17. The number of hydrogen-bond acceptors (Lipinski definition) is 2. The van der Waals surface area contributed by atoms with Gasteiger partial charge in [-0.05, 0) is 53.1 Å². The van der Waals surface area contributed by atoms with Crippen LogP contribution >= 0.6 is 15.9 Å². The number of para-hydroxylation sites is 1. The van der Waals surface area contributed by atoms with Crippen LogP contribution in [0.15, 0.2) is 95.6 Å². The SMILES string of the molecule is CC1(C)c2ccccc2N(c2ccc(-c3ccccc3)cn2)c2ccc(Br)cc21. The zero-order chi connectivity index (χ0) is 20.0. The number of anilines is 3. The molecule has 0 amide bonds. The van der Waals surface area contributed by atoms with Crippen LogP contribution in [0.5, 0.6) is 0 Å². The monoisotopic (exact) mass is 440 g/mol. The Balaban J connectivity index is 1.68. The second-order valence-electron chi connectivity index (χ2n) is 7.91. The number of aromatic nitrogens is 1. The van der Waals surface area contributed by atoms with E-state index in [0.717, 1.165) is 15.9 Å². The lowest BCUT2D eigenvalue weighted by molar-refractivity contribution is 0.631. The summed E-state index contributed by atoms with van der Waals surface area (Å²) in [6, 6.07) is 29.8. The molecule has 1 aromatic heterocycles. The van der Waals surface area contributed by atoms with Crippen molar-refractivity contribution in [2.45, 2.75) is 19.3 Å². The summed E-state index contributed by atoms with van der Waals surface area (Å²) < 4.78 is 1.09. The zero-order valence-corrected chi connectivity index (χ0v) is 18.0. The van der Waals surface area contributed by atoms with Crippen molar-refractivity contribution in [1.82, 2.24) is 4.98 Å². The van der Waals surface area contributed by atoms with Gasteiger partial charge < -0.3 is 0 Å². The number of rotatable bonds is 2. The highest BCUT2D eigenvalue weighted by Gasteiger charge is 2.37. The fraction of sp³-hybridized carbons (Fsp3) is 0.115. The molecule has 0 radical (unpaired) electrons. The van der Waals surface area contributed by atoms with Crippen molar-refractivity contribution in [2.24, 2.45) is 0 Å². The molecular formula is C26H21BrN2. The van der Waals surface area contributed by atoms with Crippen molar-refractivity contribution >= 4 is 33.1 Å². The number of benzene rings is 3. The molecule has 142 valence electrons. The zero-order valence-electron chi connectivity index (χ0n) is 16.4. The fourth-order valence-electron chi connectivity index (χ4n) is 4.24. The molecule has 0 fully saturated rings. The molecule has 1 aliphatic heterocycles. The van der Waals surface area contributed by atoms with Crippen LogP contribution in [-0.4, -0.2) is 4.98 Å². The van der Waals surface area contributed by atoms with E-state index in [1.807, 2.05) is 12.3 Å². The smallest absolute Gasteiger partial charge is 0.137 e. The minimum atomic E-state index is -0.0871. The highest BCUT2D eigenvalue weighted by Crippen LogP contribution is 2.51. The highest BCUT2D eigenvalue weighted by molar-refractivity contribution is 9.10. The maximum Gasteiger partial charge on any atom is 0.137 e. The molecule has 0 spiro atoms. The van der Waals surface area contributed by atoms with E-state index in [4.69, 9.17) is 4.98 Å². The van der Waals surface area contributed by atoms with Gasteiger partial charge in [0.1, 0.15) is 5.82 Å². The first-order chi connectivity index (χ1) is 14.1. The van der Waals surface area contributed by atoms with E-state index in [-0.39, 0.29) is 5.41 Å². The maximum absolute atomic E-state index is 4.86. The second-order valence-corrected chi connectivity index (χ2v) is 8.83. The summed E-state index contributed by atoms with van der Waals surface area (Å²) >= 11 is 3.66. The molecule has 0 atom stereocenters. The van der Waals surface area contributed by atoms with Crippen LogP contribution in [0.25, 0.3) is 11.1 Å². The summed E-state index contributed by atoms with van der Waals surface area (Å²) in [5, 5.41) is 0. The van der Waals surface area contributed by atoms with Gasteiger partial charge in [-0.1, -0.05) is 78.3 Å². The normalized spacial score (nSPS) is 14.2. The lowest BCUT2D eigenvalue weighted by atomic mass is 9.73. The van der Waals surface area contributed by atoms with E-state index < -0.39 is 0 Å². The molecule has 5 rings (SSSR count). The molecule has 0 saturated carbocycles. The Kier molecular flexibility index (Phi) is 4.29. The number of fused-ring (bicyclic) bond motifs is 2. The van der Waals surface area contributed by atoms with E-state index in [9.17, 15) is 0 Å². The predicted octanol–water partition coefficient (Wildman–Crippen LogP) is 7.62. The number of pyridine rings is 1. The molecule has 0 unspecified atom stereocenters. The van der Waals surface area contributed by atoms with Crippen LogP contribution in [0.3, 0.4) is 0 Å². The summed E-state index contributed by atoms with van der Waals surface area (Å²) in [5.74, 6) is 0.927. The average molecular weight is 441 g/mol. The largest absolute Gasteiger partial charge is 0.294 e. The van der Waals surface area contributed by atoms with E-state index >= 15 is 0 Å². The molecule has 2 heterocycles. The lowest BCUT2D eigenvalue weighted by Crippen LogP contribution is -2.30. The van der Waals surface area contributed by atoms with Crippen molar-refractivity contribution in [3.05, 3.63) is 107 Å². The fourth-order valence-corrected chi connectivity index (χ4v) is 4.60. The van der Waals surface area contributed by atoms with E-state index in [2.05, 4.69) is 114 Å². The first kappa shape index (κ1) is 18.1. The number of hydrogen-bond donors (Lipinski definition) is 0. The summed E-state index contributed by atoms with van der Waals surface area (Å²) in [6.45, 7) is 4.58. The molecule has 1 aliphatic rings. The molecule has 3 aromatic carbocycles. The predicted molar refractivity (Wildman–Crippen MR) is 124 cm³/mol. The topological polar surface area (TPSA) is 16.1 Å². The van der Waals surface area contributed by atoms with Gasteiger partial charge in [0.15, 0.2) is 0 Å². The van der Waals surface area contributed by atoms with Gasteiger partial charge in [-0.15, -0.1) is 0 Å². The van der Waals surface area contributed by atoms with E-state index in [1.54, 1.807) is 0 Å². The molecule has 4 aromatic rings. The number of nitrogens with zero attached hydrogens (tertiary/aromatic N) is 2. The first-order valence-electron chi connectivity index (χ1n) is 9.77. The van der Waals surface area contributed by atoms with Gasteiger partial charge >= 0.3 is 0 Å². The Bertz CT molecular complexity index is 1180. The molecular weight excluding hydrogens is 420 g/mol. The molecule has 0 bridgehead atoms. The minimum absolute atomic E-state index is 0.0871. The third-order valence-electron chi connectivity index (χ3n) is 5.78. The molecule has 0 saturated heterocycles. The quantitative estimate of drug-likeness (QED) is 0.318. The molecule has 3 heteroatoms. The third-order valence-corrected chi connectivity index (χ3v) is 6.27. The molecule has 0 N–H and O–H groups in total. The van der Waals surface area contributed by atoms with E-state index in [0.29, 0.717) is 0 Å². The Morgan fingerprint density at radius 1 is 0.724 bits per heavy atom. The van der Waals surface area contributed by atoms with Crippen LogP contribution in [0.2, 0.25) is 0 Å². The number of halogens is 1. The lowest BCUT2D eigenvalue weighted by Gasteiger charge is -2.41. The van der Waals surface area contributed by atoms with Gasteiger partial charge in [0, 0.05) is 21.6 Å². The van der Waals surface area contributed by atoms with Gasteiger partial charge in [0.05, 0.1) is 11.4 Å². The summed E-state index contributed by atoms with van der Waals surface area (Å²) in [6.07, 6.45) is 1.96. The Morgan fingerprint density at radius 3 is 2.21 bits per heavy atom. The highest BCUT2D eigenvalue weighted by atomic mass is 79.9. The van der Waals surface area contributed by atoms with Gasteiger partial charge in [0.25, 0.3) is 0 Å². The van der Waals surface area contributed by atoms with Gasteiger partial charge in [-0.2, -0.15) is 0 Å². The maximum atomic E-state index is 4.86. The van der Waals surface area contributed by atoms with Gasteiger partial charge in [-0.3, -0.25) is 4.90 Å². The summed E-state index contributed by atoms with van der Waals surface area (Å²) in [4.78, 5) is 7.14. The molecule has 0 aliphatic carbocycles. The van der Waals surface area contributed by atoms with Crippen LogP contribution in [0, 0.1) is 0 Å². The third kappa shape index (κ3) is 2.97. The van der Waals surface area contributed by atoms with Gasteiger partial charge in [0.2, 0.25) is 0 Å². The van der Waals surface area contributed by atoms with Crippen molar-refractivity contribution in [3.8, 4) is 11.1 Å². The first-order valence-corrected chi connectivity index (χ1v) is 10.6. The van der Waals surface area contributed by atoms with Crippen molar-refractivity contribution in [2.75, 3.05) is 4.90 Å². The Labute approximate surface area is 180 Å². The average Bonchev–Trinajstić information content (AvgIpc) is 2.76. The van der Waals surface area contributed by atoms with Crippen LogP contribution in [-0.2, 0) is 5.41 Å². The van der Waals surface area contributed by atoms with Crippen molar-refractivity contribution in [3.63, 3.8) is 0 Å². The minimum Gasteiger partial charge on any atom is -0.294 e. The standard InChI is InChI=1S/C26H21BrN2/c1-26(2)21-10-6-7-11-23(21)29(24-14-13-20(27)16-22(24)26)25-15-12-19(17-28-25)18-8-4-3-5-9-18/h3-17H,1-2H3. The van der Waals surface area contributed by atoms with Crippen LogP contribution in [0.1, 0.15) is 25.0 Å². The Hall–Kier alpha value is -2.91. The second kappa shape index (κ2) is 6.85. The van der Waals surface area contributed by atoms with E-state index in [1.165, 1.54) is 28.1 Å².